The van der Waals surface area contributed by atoms with Crippen molar-refractivity contribution in [2.24, 2.45) is 15.9 Å². The van der Waals surface area contributed by atoms with Crippen LogP contribution in [0.5, 0.6) is 0 Å². The average Bonchev–Trinajstić information content (AvgIpc) is 2.51. The van der Waals surface area contributed by atoms with E-state index in [4.69, 9.17) is 5.73 Å². The highest BCUT2D eigenvalue weighted by Gasteiger charge is 2.29. The van der Waals surface area contributed by atoms with Gasteiger partial charge in [-0.05, 0) is 31.9 Å². The minimum atomic E-state index is -0.0643. The topological polar surface area (TPSA) is 74.3 Å². The summed E-state index contributed by atoms with van der Waals surface area (Å²) in [6, 6.07) is 7.37. The molecule has 0 spiro atoms. The van der Waals surface area contributed by atoms with Crippen LogP contribution in [0.25, 0.3) is 0 Å². The third-order valence-corrected chi connectivity index (χ3v) is 3.80. The normalized spacial score (nSPS) is 21.7. The van der Waals surface area contributed by atoms with Crippen LogP contribution in [-0.2, 0) is 0 Å². The van der Waals surface area contributed by atoms with Crippen LogP contribution in [0.15, 0.2) is 34.5 Å². The minimum Gasteiger partial charge on any atom is -0.334 e. The molecule has 1 saturated heterocycles. The molecule has 21 heavy (non-hydrogen) atoms. The average molecular weight is 287 g/mol. The lowest BCUT2D eigenvalue weighted by atomic mass is 9.98. The molecule has 1 amide bonds. The number of benzene rings is 1. The molecule has 0 aliphatic carbocycles. The second-order valence-corrected chi connectivity index (χ2v) is 5.23. The largest absolute Gasteiger partial charge is 0.334 e. The number of carbonyl (C=O) groups excluding carboxylic acids is 1. The number of nitrogens with two attached hydrogens (primary N) is 1. The van der Waals surface area contributed by atoms with E-state index >= 15 is 0 Å². The highest BCUT2D eigenvalue weighted by molar-refractivity contribution is 6.00. The van der Waals surface area contributed by atoms with Gasteiger partial charge >= 0.3 is 0 Å². The molecular formula is C15H21N5O. The SMILES string of the molecule is C=NN(N=C)c1ccccc1C(=O)N1C[C@H](N)CC[C@H]1C. The lowest BCUT2D eigenvalue weighted by molar-refractivity contribution is 0.0613. The molecule has 1 aliphatic rings. The summed E-state index contributed by atoms with van der Waals surface area (Å²) in [4.78, 5) is 14.6. The van der Waals surface area contributed by atoms with Crippen LogP contribution >= 0.6 is 0 Å². The summed E-state index contributed by atoms with van der Waals surface area (Å²) in [5.74, 6) is -0.0643. The van der Waals surface area contributed by atoms with Gasteiger partial charge in [-0.3, -0.25) is 4.79 Å². The first-order valence-corrected chi connectivity index (χ1v) is 6.97. The summed E-state index contributed by atoms with van der Waals surface area (Å²) in [5, 5.41) is 8.77. The number of rotatable bonds is 4. The molecule has 0 aromatic heterocycles. The van der Waals surface area contributed by atoms with Crippen molar-refractivity contribution in [1.82, 2.24) is 4.90 Å². The van der Waals surface area contributed by atoms with Gasteiger partial charge in [-0.1, -0.05) is 12.1 Å². The van der Waals surface area contributed by atoms with Crippen molar-refractivity contribution < 1.29 is 4.79 Å². The van der Waals surface area contributed by atoms with Gasteiger partial charge < -0.3 is 10.6 Å². The fraction of sp³-hybridized carbons (Fsp3) is 0.400. The zero-order valence-electron chi connectivity index (χ0n) is 12.3. The van der Waals surface area contributed by atoms with Gasteiger partial charge in [0.15, 0.2) is 0 Å². The van der Waals surface area contributed by atoms with E-state index in [0.29, 0.717) is 17.8 Å². The fourth-order valence-corrected chi connectivity index (χ4v) is 2.60. The van der Waals surface area contributed by atoms with Gasteiger partial charge in [-0.25, -0.2) is 0 Å². The van der Waals surface area contributed by atoms with Crippen molar-refractivity contribution in [2.45, 2.75) is 31.8 Å². The first-order chi connectivity index (χ1) is 10.1. The highest BCUT2D eigenvalue weighted by Crippen LogP contribution is 2.25. The lowest BCUT2D eigenvalue weighted by Crippen LogP contribution is -2.50. The Morgan fingerprint density at radius 3 is 2.67 bits per heavy atom. The molecule has 0 saturated carbocycles. The van der Waals surface area contributed by atoms with Crippen molar-refractivity contribution in [3.05, 3.63) is 29.8 Å². The highest BCUT2D eigenvalue weighted by atomic mass is 16.2. The molecule has 2 N–H and O–H groups in total. The van der Waals surface area contributed by atoms with Crippen molar-refractivity contribution in [2.75, 3.05) is 11.7 Å². The van der Waals surface area contributed by atoms with E-state index in [-0.39, 0.29) is 18.0 Å². The molecule has 1 aliphatic heterocycles. The Labute approximate surface area is 124 Å². The van der Waals surface area contributed by atoms with Gasteiger partial charge in [0, 0.05) is 32.1 Å². The van der Waals surface area contributed by atoms with Crippen LogP contribution in [0, 0.1) is 0 Å². The standard InChI is InChI=1S/C15H21N5O/c1-11-8-9-12(16)10-19(11)15(21)13-6-4-5-7-14(13)20(17-2)18-3/h4-7,11-12H,2-3,8-10,16H2,1H3/t11-,12-/m1/s1. The quantitative estimate of drug-likeness (QED) is 0.676. The molecule has 0 unspecified atom stereocenters. The Bertz CT molecular complexity index is 537. The van der Waals surface area contributed by atoms with Crippen molar-refractivity contribution in [3.8, 4) is 0 Å². The van der Waals surface area contributed by atoms with E-state index in [2.05, 4.69) is 23.6 Å². The van der Waals surface area contributed by atoms with Crippen molar-refractivity contribution in [3.63, 3.8) is 0 Å². The van der Waals surface area contributed by atoms with Crippen LogP contribution < -0.4 is 10.9 Å². The predicted molar refractivity (Wildman–Crippen MR) is 85.7 cm³/mol. The monoisotopic (exact) mass is 287 g/mol. The fourth-order valence-electron chi connectivity index (χ4n) is 2.60. The Morgan fingerprint density at radius 1 is 1.33 bits per heavy atom. The molecule has 2 rings (SSSR count). The Balaban J connectivity index is 2.34. The zero-order valence-corrected chi connectivity index (χ0v) is 12.3. The summed E-state index contributed by atoms with van der Waals surface area (Å²) in [5.41, 5.74) is 7.09. The number of anilines is 1. The Morgan fingerprint density at radius 2 is 2.00 bits per heavy atom. The van der Waals surface area contributed by atoms with Gasteiger partial charge in [0.1, 0.15) is 0 Å². The van der Waals surface area contributed by atoms with Crippen LogP contribution in [-0.4, -0.2) is 42.9 Å². The Hall–Kier alpha value is -2.21. The van der Waals surface area contributed by atoms with Crippen molar-refractivity contribution >= 4 is 25.0 Å². The van der Waals surface area contributed by atoms with E-state index in [1.165, 1.54) is 5.12 Å². The second kappa shape index (κ2) is 6.49. The van der Waals surface area contributed by atoms with Gasteiger partial charge in [-0.2, -0.15) is 15.3 Å². The summed E-state index contributed by atoms with van der Waals surface area (Å²) in [6.45, 7) is 9.50. The molecule has 1 aromatic carbocycles. The third kappa shape index (κ3) is 3.11. The number of likely N-dealkylation sites (tertiary alicyclic amines) is 1. The van der Waals surface area contributed by atoms with Gasteiger partial charge in [0.2, 0.25) is 0 Å². The second-order valence-electron chi connectivity index (χ2n) is 5.23. The van der Waals surface area contributed by atoms with Crippen molar-refractivity contribution in [1.29, 1.82) is 0 Å². The first kappa shape index (κ1) is 15.2. The third-order valence-electron chi connectivity index (χ3n) is 3.80. The number of nitrogens with zero attached hydrogens (tertiary/aromatic N) is 4. The summed E-state index contributed by atoms with van der Waals surface area (Å²) in [6.07, 6.45) is 1.86. The number of hydrogen-bond acceptors (Lipinski definition) is 5. The Kier molecular flexibility index (Phi) is 4.70. The molecule has 0 bridgehead atoms. The van der Waals surface area contributed by atoms with Crippen LogP contribution in [0.2, 0.25) is 0 Å². The van der Waals surface area contributed by atoms with Gasteiger partial charge in [-0.15, -0.1) is 0 Å². The van der Waals surface area contributed by atoms with E-state index < -0.39 is 0 Å². The number of para-hydroxylation sites is 1. The maximum absolute atomic E-state index is 12.8. The molecular weight excluding hydrogens is 266 g/mol. The van der Waals surface area contributed by atoms with Crippen LogP contribution in [0.4, 0.5) is 5.69 Å². The molecule has 1 heterocycles. The van der Waals surface area contributed by atoms with Gasteiger partial charge in [0.25, 0.3) is 5.91 Å². The summed E-state index contributed by atoms with van der Waals surface area (Å²) in [7, 11) is 0. The van der Waals surface area contributed by atoms with E-state index in [0.717, 1.165) is 12.8 Å². The molecule has 6 heteroatoms. The van der Waals surface area contributed by atoms with Gasteiger partial charge in [0.05, 0.1) is 11.3 Å². The summed E-state index contributed by atoms with van der Waals surface area (Å²) < 4.78 is 0. The lowest BCUT2D eigenvalue weighted by Gasteiger charge is -2.37. The first-order valence-electron chi connectivity index (χ1n) is 6.97. The van der Waals surface area contributed by atoms with Crippen LogP contribution in [0.1, 0.15) is 30.1 Å². The number of hydrogen-bond donors (Lipinski definition) is 1. The van der Waals surface area contributed by atoms with E-state index in [9.17, 15) is 4.79 Å². The molecule has 0 radical (unpaired) electrons. The van der Waals surface area contributed by atoms with E-state index in [1.807, 2.05) is 24.0 Å². The number of carbonyl (C=O) groups is 1. The van der Waals surface area contributed by atoms with Crippen LogP contribution in [0.3, 0.4) is 0 Å². The minimum absolute atomic E-state index is 0.0310. The molecule has 1 aromatic rings. The van der Waals surface area contributed by atoms with E-state index in [1.54, 1.807) is 12.1 Å². The molecule has 112 valence electrons. The zero-order chi connectivity index (χ0) is 15.4. The smallest absolute Gasteiger partial charge is 0.256 e. The summed E-state index contributed by atoms with van der Waals surface area (Å²) >= 11 is 0. The maximum Gasteiger partial charge on any atom is 0.256 e. The molecule has 1 fully saturated rings. The number of hydrazone groups is 2. The number of amides is 1. The maximum atomic E-state index is 12.8. The number of piperidine rings is 1. The predicted octanol–water partition coefficient (Wildman–Crippen LogP) is 1.68. The molecule has 2 atom stereocenters. The molecule has 6 nitrogen and oxygen atoms in total.